The number of ether oxygens (including phenoxy) is 1. The second-order valence-corrected chi connectivity index (χ2v) is 5.79. The lowest BCUT2D eigenvalue weighted by Gasteiger charge is -2.19. The van der Waals surface area contributed by atoms with Crippen LogP contribution in [0.5, 0.6) is 11.5 Å². The highest BCUT2D eigenvalue weighted by Crippen LogP contribution is 2.37. The van der Waals surface area contributed by atoms with Crippen LogP contribution in [0.2, 0.25) is 15.1 Å². The molecule has 0 saturated carbocycles. The van der Waals surface area contributed by atoms with E-state index in [1.807, 2.05) is 6.92 Å². The molecule has 21 heavy (non-hydrogen) atoms. The van der Waals surface area contributed by atoms with E-state index in [9.17, 15) is 5.11 Å². The number of rotatable bonds is 4. The van der Waals surface area contributed by atoms with Crippen molar-refractivity contribution >= 4 is 40.5 Å². The number of benzene rings is 2. The number of phenols is 1. The topological polar surface area (TPSA) is 41.5 Å². The zero-order chi connectivity index (χ0) is 15.6. The fourth-order valence-corrected chi connectivity index (χ4v) is 2.91. The first-order chi connectivity index (χ1) is 9.92. The molecule has 3 nitrogen and oxygen atoms in total. The normalized spacial score (nSPS) is 12.0. The standard InChI is InChI=1S/C15H14Cl3NO2/c1-8(11-7-10(21-2)3-4-14(11)20)19-15-12(17)5-9(16)6-13(15)18/h3-8,19-20H,1-2H3. The SMILES string of the molecule is COc1ccc(O)c(C(C)Nc2c(Cl)cc(Cl)cc2Cl)c1. The monoisotopic (exact) mass is 345 g/mol. The molecule has 0 aliphatic carbocycles. The Labute approximate surface area is 138 Å². The predicted octanol–water partition coefficient (Wildman–Crippen LogP) is 5.53. The van der Waals surface area contributed by atoms with Gasteiger partial charge >= 0.3 is 0 Å². The Bertz CT molecular complexity index is 638. The molecule has 0 aliphatic heterocycles. The summed E-state index contributed by atoms with van der Waals surface area (Å²) in [6, 6.07) is 8.01. The summed E-state index contributed by atoms with van der Waals surface area (Å²) in [6.45, 7) is 1.88. The van der Waals surface area contributed by atoms with Gasteiger partial charge in [0, 0.05) is 10.6 Å². The molecule has 2 aromatic rings. The number of hydrogen-bond acceptors (Lipinski definition) is 3. The first-order valence-corrected chi connectivity index (χ1v) is 7.33. The summed E-state index contributed by atoms with van der Waals surface area (Å²) < 4.78 is 5.16. The van der Waals surface area contributed by atoms with Gasteiger partial charge in [0.2, 0.25) is 0 Å². The number of aromatic hydroxyl groups is 1. The smallest absolute Gasteiger partial charge is 0.121 e. The summed E-state index contributed by atoms with van der Waals surface area (Å²) in [5.74, 6) is 0.821. The van der Waals surface area contributed by atoms with Crippen molar-refractivity contribution in [2.45, 2.75) is 13.0 Å². The predicted molar refractivity (Wildman–Crippen MR) is 88.2 cm³/mol. The minimum absolute atomic E-state index is 0.164. The van der Waals surface area contributed by atoms with Gasteiger partial charge in [0.25, 0.3) is 0 Å². The lowest BCUT2D eigenvalue weighted by Crippen LogP contribution is -2.08. The minimum Gasteiger partial charge on any atom is -0.508 e. The summed E-state index contributed by atoms with van der Waals surface area (Å²) in [5, 5.41) is 14.5. The molecule has 0 heterocycles. The van der Waals surface area contributed by atoms with Crippen molar-refractivity contribution in [2.75, 3.05) is 12.4 Å². The highest BCUT2D eigenvalue weighted by molar-refractivity contribution is 6.41. The Kier molecular flexibility index (Phi) is 5.09. The van der Waals surface area contributed by atoms with Crippen molar-refractivity contribution in [3.05, 3.63) is 51.0 Å². The summed E-state index contributed by atoms with van der Waals surface area (Å²) in [5.41, 5.74) is 1.24. The Morgan fingerprint density at radius 3 is 2.29 bits per heavy atom. The van der Waals surface area contributed by atoms with Gasteiger partial charge in [0.05, 0.1) is 28.9 Å². The number of nitrogens with one attached hydrogen (secondary N) is 1. The van der Waals surface area contributed by atoms with E-state index in [0.717, 1.165) is 0 Å². The zero-order valence-corrected chi connectivity index (χ0v) is 13.7. The number of methoxy groups -OCH3 is 1. The Hall–Kier alpha value is -1.29. The van der Waals surface area contributed by atoms with Gasteiger partial charge in [-0.3, -0.25) is 0 Å². The molecular weight excluding hydrogens is 333 g/mol. The molecule has 1 atom stereocenters. The van der Waals surface area contributed by atoms with Gasteiger partial charge in [-0.25, -0.2) is 0 Å². The van der Waals surface area contributed by atoms with E-state index >= 15 is 0 Å². The van der Waals surface area contributed by atoms with Crippen LogP contribution in [0.25, 0.3) is 0 Å². The van der Waals surface area contributed by atoms with Crippen LogP contribution in [0.15, 0.2) is 30.3 Å². The van der Waals surface area contributed by atoms with Gasteiger partial charge in [-0.05, 0) is 37.3 Å². The second kappa shape index (κ2) is 6.65. The first-order valence-electron chi connectivity index (χ1n) is 6.20. The molecule has 2 rings (SSSR count). The van der Waals surface area contributed by atoms with Gasteiger partial charge < -0.3 is 15.2 Å². The quantitative estimate of drug-likeness (QED) is 0.764. The van der Waals surface area contributed by atoms with Crippen molar-refractivity contribution in [3.63, 3.8) is 0 Å². The molecule has 0 bridgehead atoms. The fourth-order valence-electron chi connectivity index (χ4n) is 1.98. The average molecular weight is 347 g/mol. The van der Waals surface area contributed by atoms with Gasteiger partial charge in [0.15, 0.2) is 0 Å². The van der Waals surface area contributed by atoms with Crippen LogP contribution in [-0.2, 0) is 0 Å². The van der Waals surface area contributed by atoms with Crippen LogP contribution in [0.1, 0.15) is 18.5 Å². The molecule has 0 aliphatic rings. The lowest BCUT2D eigenvalue weighted by atomic mass is 10.1. The van der Waals surface area contributed by atoms with E-state index in [1.165, 1.54) is 0 Å². The van der Waals surface area contributed by atoms with Crippen LogP contribution in [0, 0.1) is 0 Å². The maximum absolute atomic E-state index is 9.98. The lowest BCUT2D eigenvalue weighted by molar-refractivity contribution is 0.410. The molecule has 0 aromatic heterocycles. The molecular formula is C15H14Cl3NO2. The molecule has 112 valence electrons. The Balaban J connectivity index is 2.32. The fraction of sp³-hybridized carbons (Fsp3) is 0.200. The van der Waals surface area contributed by atoms with Gasteiger partial charge in [-0.15, -0.1) is 0 Å². The van der Waals surface area contributed by atoms with Crippen molar-refractivity contribution in [3.8, 4) is 11.5 Å². The van der Waals surface area contributed by atoms with E-state index in [0.29, 0.717) is 32.1 Å². The van der Waals surface area contributed by atoms with E-state index < -0.39 is 0 Å². The van der Waals surface area contributed by atoms with Crippen molar-refractivity contribution < 1.29 is 9.84 Å². The van der Waals surface area contributed by atoms with E-state index in [4.69, 9.17) is 39.5 Å². The molecule has 6 heteroatoms. The number of phenolic OH excluding ortho intramolecular Hbond substituents is 1. The third-order valence-electron chi connectivity index (χ3n) is 3.07. The summed E-state index contributed by atoms with van der Waals surface area (Å²) in [7, 11) is 1.57. The van der Waals surface area contributed by atoms with E-state index in [-0.39, 0.29) is 11.8 Å². The first kappa shape index (κ1) is 16.1. The summed E-state index contributed by atoms with van der Waals surface area (Å²) in [6.07, 6.45) is 0. The Morgan fingerprint density at radius 1 is 1.10 bits per heavy atom. The van der Waals surface area contributed by atoms with Gasteiger partial charge in [-0.2, -0.15) is 0 Å². The largest absolute Gasteiger partial charge is 0.508 e. The van der Waals surface area contributed by atoms with Crippen LogP contribution >= 0.6 is 34.8 Å². The number of hydrogen-bond donors (Lipinski definition) is 2. The third-order valence-corrected chi connectivity index (χ3v) is 3.88. The highest BCUT2D eigenvalue weighted by atomic mass is 35.5. The molecule has 1 unspecified atom stereocenters. The number of halogens is 3. The van der Waals surface area contributed by atoms with Crippen LogP contribution < -0.4 is 10.1 Å². The van der Waals surface area contributed by atoms with Crippen LogP contribution in [0.3, 0.4) is 0 Å². The summed E-state index contributed by atoms with van der Waals surface area (Å²) in [4.78, 5) is 0. The van der Waals surface area contributed by atoms with Crippen molar-refractivity contribution in [1.82, 2.24) is 0 Å². The Morgan fingerprint density at radius 2 is 1.71 bits per heavy atom. The van der Waals surface area contributed by atoms with Gasteiger partial charge in [0.1, 0.15) is 11.5 Å². The average Bonchev–Trinajstić information content (AvgIpc) is 2.43. The van der Waals surface area contributed by atoms with Crippen molar-refractivity contribution in [1.29, 1.82) is 0 Å². The maximum atomic E-state index is 9.98. The van der Waals surface area contributed by atoms with Gasteiger partial charge in [-0.1, -0.05) is 34.8 Å². The third kappa shape index (κ3) is 3.67. The molecule has 0 amide bonds. The molecule has 0 spiro atoms. The minimum atomic E-state index is -0.226. The molecule has 0 fully saturated rings. The molecule has 2 N–H and O–H groups in total. The number of anilines is 1. The van der Waals surface area contributed by atoms with Crippen LogP contribution in [0.4, 0.5) is 5.69 Å². The maximum Gasteiger partial charge on any atom is 0.121 e. The molecule has 0 saturated heterocycles. The molecule has 0 radical (unpaired) electrons. The molecule has 2 aromatic carbocycles. The van der Waals surface area contributed by atoms with E-state index in [1.54, 1.807) is 37.4 Å². The zero-order valence-electron chi connectivity index (χ0n) is 11.5. The highest BCUT2D eigenvalue weighted by Gasteiger charge is 2.15. The van der Waals surface area contributed by atoms with E-state index in [2.05, 4.69) is 5.32 Å². The second-order valence-electron chi connectivity index (χ2n) is 4.54. The van der Waals surface area contributed by atoms with Crippen LogP contribution in [-0.4, -0.2) is 12.2 Å². The summed E-state index contributed by atoms with van der Waals surface area (Å²) >= 11 is 18.2. The van der Waals surface area contributed by atoms with Crippen molar-refractivity contribution in [2.24, 2.45) is 0 Å².